The zero-order valence-electron chi connectivity index (χ0n) is 20.1. The molecule has 0 bridgehead atoms. The first-order valence-corrected chi connectivity index (χ1v) is 11.4. The minimum absolute atomic E-state index is 0.290. The number of nitrogens with zero attached hydrogens (tertiary/aromatic N) is 1. The van der Waals surface area contributed by atoms with Gasteiger partial charge in [-0.05, 0) is 24.8 Å². The van der Waals surface area contributed by atoms with E-state index in [4.69, 9.17) is 30.8 Å². The number of aliphatic hydroxyl groups excluding tert-OH is 2. The molecule has 1 heterocycles. The van der Waals surface area contributed by atoms with Gasteiger partial charge in [0.15, 0.2) is 12.1 Å². The highest BCUT2D eigenvalue weighted by molar-refractivity contribution is 5.85. The number of ether oxygens (including phenoxy) is 2. The van der Waals surface area contributed by atoms with E-state index in [1.54, 1.807) is 0 Å². The van der Waals surface area contributed by atoms with Crippen molar-refractivity contribution in [3.05, 3.63) is 11.8 Å². The number of halogens is 3. The lowest BCUT2D eigenvalue weighted by Crippen LogP contribution is -2.60. The van der Waals surface area contributed by atoms with Crippen LogP contribution in [0.4, 0.5) is 13.2 Å². The fourth-order valence-corrected chi connectivity index (χ4v) is 3.93. The normalized spacial score (nSPS) is 23.7. The Morgan fingerprint density at radius 3 is 2.22 bits per heavy atom. The number of carboxylic acids is 2. The molecule has 37 heavy (non-hydrogen) atoms. The topological polar surface area (TPSA) is 227 Å². The van der Waals surface area contributed by atoms with E-state index in [0.717, 1.165) is 25.7 Å². The van der Waals surface area contributed by atoms with Crippen molar-refractivity contribution in [1.82, 2.24) is 5.32 Å². The molecule has 2 rings (SSSR count). The van der Waals surface area contributed by atoms with E-state index in [0.29, 0.717) is 6.61 Å². The first-order chi connectivity index (χ1) is 17.2. The summed E-state index contributed by atoms with van der Waals surface area (Å²) >= 11 is 0. The zero-order chi connectivity index (χ0) is 28.3. The fourth-order valence-electron chi connectivity index (χ4n) is 3.93. The number of nitrogens with one attached hydrogen (secondary N) is 1. The molecule has 1 fully saturated rings. The molecule has 0 radical (unpaired) electrons. The largest absolute Gasteiger partial charge is 0.490 e. The average molecular weight is 543 g/mol. The van der Waals surface area contributed by atoms with Gasteiger partial charge in [0, 0.05) is 6.92 Å². The Bertz CT molecular complexity index is 844. The van der Waals surface area contributed by atoms with Crippen molar-refractivity contribution in [2.45, 2.75) is 75.6 Å². The second kappa shape index (κ2) is 14.6. The number of guanidine groups is 1. The molecule has 0 aromatic heterocycles. The lowest BCUT2D eigenvalue weighted by atomic mass is 9.89. The van der Waals surface area contributed by atoms with Crippen LogP contribution >= 0.6 is 0 Å². The highest BCUT2D eigenvalue weighted by Crippen LogP contribution is 2.29. The number of amides is 1. The molecular weight excluding hydrogens is 509 g/mol. The lowest BCUT2D eigenvalue weighted by Gasteiger charge is -2.40. The van der Waals surface area contributed by atoms with Gasteiger partial charge in [0.25, 0.3) is 0 Å². The molecule has 0 aromatic carbocycles. The Morgan fingerprint density at radius 2 is 1.78 bits per heavy atom. The Balaban J connectivity index is 0.000000856. The van der Waals surface area contributed by atoms with E-state index in [1.807, 2.05) is 0 Å². The number of rotatable bonds is 9. The lowest BCUT2D eigenvalue weighted by molar-refractivity contribution is -0.192. The first kappa shape index (κ1) is 31.9. The summed E-state index contributed by atoms with van der Waals surface area (Å²) in [5.41, 5.74) is 11.0. The smallest absolute Gasteiger partial charge is 0.478 e. The molecule has 1 aliphatic heterocycles. The van der Waals surface area contributed by atoms with E-state index in [1.165, 1.54) is 19.4 Å². The standard InChI is InChI=1S/C19H32N4O7.C2HF3O2/c1-10(25)22-15-12(23-19(20)21)7-14(18(27)28)30-17(15)16(13(26)8-24)29-9-11-5-3-2-4-6-11;3-2(4,5)1(6)7/h7,11-13,15-17,24,26H,2-6,8-9H2,1H3,(H,22,25)(H,27,28)(H4,20,21,23);(H,6,7)/t12-,13+,15+,16+,17+;/m0./s1. The van der Waals surface area contributed by atoms with Crippen LogP contribution < -0.4 is 16.8 Å². The Hall–Kier alpha value is -3.11. The molecule has 212 valence electrons. The van der Waals surface area contributed by atoms with Crippen LogP contribution in [-0.2, 0) is 23.9 Å². The van der Waals surface area contributed by atoms with Crippen LogP contribution in [0.5, 0.6) is 0 Å². The van der Waals surface area contributed by atoms with Gasteiger partial charge in [0.05, 0.1) is 25.3 Å². The predicted octanol–water partition coefficient (Wildman–Crippen LogP) is -0.548. The van der Waals surface area contributed by atoms with Gasteiger partial charge < -0.3 is 46.7 Å². The van der Waals surface area contributed by atoms with Crippen LogP contribution in [0.1, 0.15) is 39.0 Å². The fraction of sp³-hybridized carbons (Fsp3) is 0.714. The third-order valence-electron chi connectivity index (χ3n) is 5.57. The molecule has 16 heteroatoms. The number of nitrogens with two attached hydrogens (primary N) is 2. The summed E-state index contributed by atoms with van der Waals surface area (Å²) in [6.07, 6.45) is -2.22. The summed E-state index contributed by atoms with van der Waals surface area (Å²) in [4.78, 5) is 36.3. The number of aliphatic carboxylic acids is 2. The maximum atomic E-state index is 11.8. The van der Waals surface area contributed by atoms with Crippen molar-refractivity contribution >= 4 is 23.8 Å². The molecule has 2 aliphatic rings. The summed E-state index contributed by atoms with van der Waals surface area (Å²) in [6, 6.07) is -1.89. The molecule has 5 atom stereocenters. The van der Waals surface area contributed by atoms with Crippen molar-refractivity contribution in [2.24, 2.45) is 22.4 Å². The van der Waals surface area contributed by atoms with Crippen molar-refractivity contribution in [1.29, 1.82) is 0 Å². The Morgan fingerprint density at radius 1 is 1.22 bits per heavy atom. The third kappa shape index (κ3) is 10.8. The molecule has 0 unspecified atom stereocenters. The number of carbonyl (C=O) groups is 3. The summed E-state index contributed by atoms with van der Waals surface area (Å²) in [7, 11) is 0. The van der Waals surface area contributed by atoms with Gasteiger partial charge in [0.1, 0.15) is 12.2 Å². The molecule has 13 nitrogen and oxygen atoms in total. The third-order valence-corrected chi connectivity index (χ3v) is 5.57. The second-order valence-corrected chi connectivity index (χ2v) is 8.54. The predicted molar refractivity (Wildman–Crippen MR) is 121 cm³/mol. The van der Waals surface area contributed by atoms with Crippen LogP contribution in [0, 0.1) is 5.92 Å². The van der Waals surface area contributed by atoms with Crippen molar-refractivity contribution < 1.29 is 57.5 Å². The van der Waals surface area contributed by atoms with Crippen LogP contribution in [0.25, 0.3) is 0 Å². The summed E-state index contributed by atoms with van der Waals surface area (Å²) in [5, 5.41) is 39.2. The van der Waals surface area contributed by atoms with Gasteiger partial charge in [-0.25, -0.2) is 14.6 Å². The molecule has 1 saturated carbocycles. The van der Waals surface area contributed by atoms with Crippen LogP contribution in [0.2, 0.25) is 0 Å². The number of carboxylic acid groups (broad SMARTS) is 2. The number of alkyl halides is 3. The van der Waals surface area contributed by atoms with Gasteiger partial charge in [-0.1, -0.05) is 19.3 Å². The Labute approximate surface area is 210 Å². The zero-order valence-corrected chi connectivity index (χ0v) is 20.1. The van der Waals surface area contributed by atoms with Crippen LogP contribution in [-0.4, -0.2) is 94.0 Å². The number of aliphatic hydroxyl groups is 2. The van der Waals surface area contributed by atoms with E-state index >= 15 is 0 Å². The van der Waals surface area contributed by atoms with E-state index in [-0.39, 0.29) is 11.9 Å². The highest BCUT2D eigenvalue weighted by atomic mass is 19.4. The molecule has 0 spiro atoms. The van der Waals surface area contributed by atoms with Gasteiger partial charge in [-0.2, -0.15) is 13.2 Å². The average Bonchev–Trinajstić information content (AvgIpc) is 2.80. The molecule has 0 saturated heterocycles. The number of carbonyl (C=O) groups excluding carboxylic acids is 1. The highest BCUT2D eigenvalue weighted by Gasteiger charge is 2.45. The summed E-state index contributed by atoms with van der Waals surface area (Å²) in [6.45, 7) is 0.953. The van der Waals surface area contributed by atoms with Crippen LogP contribution in [0.3, 0.4) is 0 Å². The SMILES string of the molecule is CC(=O)N[C@H]1[C@H]([C@H](OCC2CCCCC2)[C@H](O)CO)OC(C(=O)O)=C[C@@H]1N=C(N)N.O=C(O)C(F)(F)F. The van der Waals surface area contributed by atoms with Gasteiger partial charge in [0.2, 0.25) is 11.7 Å². The van der Waals surface area contributed by atoms with Gasteiger partial charge >= 0.3 is 18.1 Å². The first-order valence-electron chi connectivity index (χ1n) is 11.4. The number of hydrogen-bond donors (Lipinski definition) is 7. The van der Waals surface area contributed by atoms with E-state index in [9.17, 15) is 38.1 Å². The molecule has 1 aliphatic carbocycles. The van der Waals surface area contributed by atoms with Crippen molar-refractivity contribution in [3.8, 4) is 0 Å². The Kier molecular flexibility index (Phi) is 12.6. The summed E-state index contributed by atoms with van der Waals surface area (Å²) in [5.74, 6) is -5.00. The minimum atomic E-state index is -5.08. The maximum Gasteiger partial charge on any atom is 0.490 e. The molecular formula is C21H33F3N4O9. The van der Waals surface area contributed by atoms with Gasteiger partial charge in [-0.3, -0.25) is 4.79 Å². The molecule has 0 aromatic rings. The quantitative estimate of drug-likeness (QED) is 0.144. The molecule has 9 N–H and O–H groups in total. The number of hydrogen-bond acceptors (Lipinski definition) is 8. The maximum absolute atomic E-state index is 11.8. The van der Waals surface area contributed by atoms with Gasteiger partial charge in [-0.15, -0.1) is 0 Å². The van der Waals surface area contributed by atoms with E-state index in [2.05, 4.69) is 10.3 Å². The minimum Gasteiger partial charge on any atom is -0.478 e. The molecule has 1 amide bonds. The van der Waals surface area contributed by atoms with Crippen LogP contribution in [0.15, 0.2) is 16.8 Å². The summed E-state index contributed by atoms with van der Waals surface area (Å²) < 4.78 is 43.3. The van der Waals surface area contributed by atoms with Crippen molar-refractivity contribution in [2.75, 3.05) is 13.2 Å². The number of aliphatic imine (C=N–C) groups is 1. The van der Waals surface area contributed by atoms with Crippen molar-refractivity contribution in [3.63, 3.8) is 0 Å². The second-order valence-electron chi connectivity index (χ2n) is 8.54. The van der Waals surface area contributed by atoms with E-state index < -0.39 is 66.8 Å². The monoisotopic (exact) mass is 542 g/mol.